The second kappa shape index (κ2) is 5.51. The Morgan fingerprint density at radius 3 is 1.75 bits per heavy atom. The molecular weight excluding hydrogens is 156 g/mol. The molecular formula is C9H20O3. The molecule has 12 heavy (non-hydrogen) atoms. The summed E-state index contributed by atoms with van der Waals surface area (Å²) >= 11 is 0. The lowest BCUT2D eigenvalue weighted by Gasteiger charge is -2.31. The van der Waals surface area contributed by atoms with Gasteiger partial charge in [-0.15, -0.1) is 0 Å². The first-order valence-corrected chi connectivity index (χ1v) is 4.36. The molecule has 0 bridgehead atoms. The van der Waals surface area contributed by atoms with Gasteiger partial charge in [-0.1, -0.05) is 0 Å². The fraction of sp³-hybridized carbons (Fsp3) is 1.00. The highest BCUT2D eigenvalue weighted by molar-refractivity contribution is 4.72. The van der Waals surface area contributed by atoms with E-state index in [-0.39, 0.29) is 11.9 Å². The van der Waals surface area contributed by atoms with Gasteiger partial charge >= 0.3 is 0 Å². The molecule has 0 unspecified atom stereocenters. The maximum Gasteiger partial charge on any atom is 0.185 e. The first-order chi connectivity index (χ1) is 5.58. The molecule has 0 aromatic rings. The monoisotopic (exact) mass is 176 g/mol. The first kappa shape index (κ1) is 11.9. The highest BCUT2D eigenvalue weighted by atomic mass is 16.7. The van der Waals surface area contributed by atoms with Gasteiger partial charge in [-0.3, -0.25) is 0 Å². The van der Waals surface area contributed by atoms with Crippen molar-refractivity contribution in [2.75, 3.05) is 20.3 Å². The maximum atomic E-state index is 5.39. The molecule has 0 amide bonds. The average Bonchev–Trinajstić information content (AvgIpc) is 2.04. The van der Waals surface area contributed by atoms with Gasteiger partial charge in [-0.2, -0.15) is 0 Å². The molecule has 0 N–H and O–H groups in total. The van der Waals surface area contributed by atoms with E-state index in [1.54, 1.807) is 7.11 Å². The van der Waals surface area contributed by atoms with Crippen molar-refractivity contribution in [1.29, 1.82) is 0 Å². The average molecular weight is 176 g/mol. The van der Waals surface area contributed by atoms with Crippen LogP contribution in [0.15, 0.2) is 0 Å². The largest absolute Gasteiger partial charge is 0.374 e. The van der Waals surface area contributed by atoms with Gasteiger partial charge in [0.25, 0.3) is 0 Å². The summed E-state index contributed by atoms with van der Waals surface area (Å²) in [6, 6.07) is 0. The fourth-order valence-corrected chi connectivity index (χ4v) is 0.848. The van der Waals surface area contributed by atoms with Crippen molar-refractivity contribution in [2.45, 2.75) is 39.6 Å². The van der Waals surface area contributed by atoms with Gasteiger partial charge in [0.15, 0.2) is 6.29 Å². The third-order valence-electron chi connectivity index (χ3n) is 1.73. The minimum absolute atomic E-state index is 0.280. The first-order valence-electron chi connectivity index (χ1n) is 4.36. The van der Waals surface area contributed by atoms with Gasteiger partial charge < -0.3 is 14.2 Å². The van der Waals surface area contributed by atoms with Crippen molar-refractivity contribution < 1.29 is 14.2 Å². The van der Waals surface area contributed by atoms with Crippen LogP contribution in [0.4, 0.5) is 0 Å². The molecule has 0 fully saturated rings. The second-order valence-electron chi connectivity index (χ2n) is 3.05. The van der Waals surface area contributed by atoms with Crippen LogP contribution < -0.4 is 0 Å². The number of hydrogen-bond acceptors (Lipinski definition) is 3. The summed E-state index contributed by atoms with van der Waals surface area (Å²) in [5.41, 5.74) is -0.383. The number of hydrogen-bond donors (Lipinski definition) is 0. The Labute approximate surface area is 75.0 Å². The molecule has 0 radical (unpaired) electrons. The molecule has 3 heteroatoms. The van der Waals surface area contributed by atoms with Crippen LogP contribution in [0.3, 0.4) is 0 Å². The third kappa shape index (κ3) is 3.52. The van der Waals surface area contributed by atoms with Crippen LogP contribution in [0, 0.1) is 0 Å². The Bertz CT molecular complexity index is 106. The van der Waals surface area contributed by atoms with Crippen LogP contribution in [-0.4, -0.2) is 32.2 Å². The van der Waals surface area contributed by atoms with Gasteiger partial charge in [0.2, 0.25) is 0 Å². The van der Waals surface area contributed by atoms with Crippen LogP contribution in [0.1, 0.15) is 27.7 Å². The van der Waals surface area contributed by atoms with Gasteiger partial charge in [0.05, 0.1) is 0 Å². The minimum atomic E-state index is -0.383. The molecule has 0 aliphatic rings. The van der Waals surface area contributed by atoms with Crippen molar-refractivity contribution in [3.05, 3.63) is 0 Å². The minimum Gasteiger partial charge on any atom is -0.374 e. The van der Waals surface area contributed by atoms with E-state index in [2.05, 4.69) is 0 Å². The van der Waals surface area contributed by atoms with E-state index in [4.69, 9.17) is 14.2 Å². The van der Waals surface area contributed by atoms with Crippen LogP contribution in [-0.2, 0) is 14.2 Å². The molecule has 3 nitrogen and oxygen atoms in total. The van der Waals surface area contributed by atoms with Crippen molar-refractivity contribution in [3.8, 4) is 0 Å². The summed E-state index contributed by atoms with van der Waals surface area (Å²) in [7, 11) is 1.66. The predicted octanol–water partition coefficient (Wildman–Crippen LogP) is 1.81. The van der Waals surface area contributed by atoms with E-state index in [1.165, 1.54) is 0 Å². The maximum absolute atomic E-state index is 5.39. The normalized spacial score (nSPS) is 12.5. The number of rotatable bonds is 6. The lowest BCUT2D eigenvalue weighted by molar-refractivity contribution is -0.231. The van der Waals surface area contributed by atoms with Crippen LogP contribution in [0.2, 0.25) is 0 Å². The van der Waals surface area contributed by atoms with Crippen LogP contribution in [0.25, 0.3) is 0 Å². The fourth-order valence-electron chi connectivity index (χ4n) is 0.848. The van der Waals surface area contributed by atoms with Crippen molar-refractivity contribution in [2.24, 2.45) is 0 Å². The zero-order valence-corrected chi connectivity index (χ0v) is 8.72. The lowest BCUT2D eigenvalue weighted by atomic mass is 10.1. The Hall–Kier alpha value is -0.120. The van der Waals surface area contributed by atoms with Crippen molar-refractivity contribution in [1.82, 2.24) is 0 Å². The Morgan fingerprint density at radius 2 is 1.50 bits per heavy atom. The summed E-state index contributed by atoms with van der Waals surface area (Å²) in [6.45, 7) is 9.05. The number of methoxy groups -OCH3 is 1. The molecule has 0 saturated heterocycles. The van der Waals surface area contributed by atoms with E-state index in [0.29, 0.717) is 13.2 Å². The quantitative estimate of drug-likeness (QED) is 0.578. The van der Waals surface area contributed by atoms with E-state index in [1.807, 2.05) is 27.7 Å². The molecule has 0 aliphatic carbocycles. The van der Waals surface area contributed by atoms with E-state index >= 15 is 0 Å². The Balaban J connectivity index is 4.07. The SMILES string of the molecule is CCOC(OCC)C(C)(C)OC. The Kier molecular flexibility index (Phi) is 5.46. The van der Waals surface area contributed by atoms with Crippen LogP contribution in [0.5, 0.6) is 0 Å². The standard InChI is InChI=1S/C9H20O3/c1-6-11-8(12-7-2)9(3,4)10-5/h8H,6-7H2,1-5H3. The topological polar surface area (TPSA) is 27.7 Å². The molecule has 0 atom stereocenters. The highest BCUT2D eigenvalue weighted by Crippen LogP contribution is 2.17. The van der Waals surface area contributed by atoms with E-state index in [9.17, 15) is 0 Å². The van der Waals surface area contributed by atoms with Gasteiger partial charge in [-0.05, 0) is 27.7 Å². The highest BCUT2D eigenvalue weighted by Gasteiger charge is 2.30. The zero-order chi connectivity index (χ0) is 9.61. The van der Waals surface area contributed by atoms with Gasteiger partial charge in [-0.25, -0.2) is 0 Å². The van der Waals surface area contributed by atoms with Crippen LogP contribution >= 0.6 is 0 Å². The predicted molar refractivity (Wildman–Crippen MR) is 48.1 cm³/mol. The summed E-state index contributed by atoms with van der Waals surface area (Å²) in [5, 5.41) is 0. The van der Waals surface area contributed by atoms with Gasteiger partial charge in [0.1, 0.15) is 5.60 Å². The Morgan fingerprint density at radius 1 is 1.08 bits per heavy atom. The summed E-state index contributed by atoms with van der Waals surface area (Å²) in [4.78, 5) is 0. The lowest BCUT2D eigenvalue weighted by Crippen LogP contribution is -2.42. The zero-order valence-electron chi connectivity index (χ0n) is 8.72. The number of ether oxygens (including phenoxy) is 3. The third-order valence-corrected chi connectivity index (χ3v) is 1.73. The molecule has 0 saturated carbocycles. The summed E-state index contributed by atoms with van der Waals surface area (Å²) in [6.07, 6.45) is -0.280. The molecule has 0 aliphatic heterocycles. The van der Waals surface area contributed by atoms with Crippen molar-refractivity contribution >= 4 is 0 Å². The van der Waals surface area contributed by atoms with E-state index in [0.717, 1.165) is 0 Å². The summed E-state index contributed by atoms with van der Waals surface area (Å²) < 4.78 is 16.0. The molecule has 74 valence electrons. The summed E-state index contributed by atoms with van der Waals surface area (Å²) in [5.74, 6) is 0. The molecule has 0 aromatic carbocycles. The van der Waals surface area contributed by atoms with Gasteiger partial charge in [0, 0.05) is 20.3 Å². The smallest absolute Gasteiger partial charge is 0.185 e. The molecule has 0 aromatic heterocycles. The second-order valence-corrected chi connectivity index (χ2v) is 3.05. The van der Waals surface area contributed by atoms with E-state index < -0.39 is 0 Å². The molecule has 0 heterocycles. The molecule has 0 spiro atoms. The molecule has 0 rings (SSSR count). The van der Waals surface area contributed by atoms with Crippen molar-refractivity contribution in [3.63, 3.8) is 0 Å².